The van der Waals surface area contributed by atoms with E-state index in [-0.39, 0.29) is 5.56 Å². The molecule has 116 valence electrons. The van der Waals surface area contributed by atoms with Gasteiger partial charge in [0, 0.05) is 32.7 Å². The molecule has 1 saturated heterocycles. The maximum absolute atomic E-state index is 12.1. The molecule has 2 fully saturated rings. The molecule has 0 bridgehead atoms. The minimum Gasteiger partial charge on any atom is -0.309 e. The average Bonchev–Trinajstić information content (AvgIpc) is 3.33. The highest BCUT2D eigenvalue weighted by molar-refractivity contribution is 5.77. The molecule has 0 amide bonds. The molecule has 2 heterocycles. The molecule has 1 aliphatic heterocycles. The Balaban J connectivity index is 1.42. The van der Waals surface area contributed by atoms with Gasteiger partial charge in [0.1, 0.15) is 5.82 Å². The van der Waals surface area contributed by atoms with Crippen molar-refractivity contribution < 1.29 is 0 Å². The van der Waals surface area contributed by atoms with Gasteiger partial charge in [-0.1, -0.05) is 12.1 Å². The van der Waals surface area contributed by atoms with Crippen LogP contribution in [0.5, 0.6) is 0 Å². The van der Waals surface area contributed by atoms with Crippen LogP contribution in [0.4, 0.5) is 0 Å². The van der Waals surface area contributed by atoms with Crippen LogP contribution in [0, 0.1) is 5.92 Å². The van der Waals surface area contributed by atoms with Crippen LogP contribution in [0.1, 0.15) is 18.7 Å². The lowest BCUT2D eigenvalue weighted by molar-refractivity contribution is 0.121. The van der Waals surface area contributed by atoms with Gasteiger partial charge >= 0.3 is 0 Å². The Morgan fingerprint density at radius 3 is 2.59 bits per heavy atom. The quantitative estimate of drug-likeness (QED) is 0.928. The second-order valence-corrected chi connectivity index (χ2v) is 6.55. The number of para-hydroxylation sites is 1. The highest BCUT2D eigenvalue weighted by atomic mass is 16.1. The Bertz CT molecular complexity index is 714. The van der Waals surface area contributed by atoms with Gasteiger partial charge in [-0.25, -0.2) is 4.98 Å². The van der Waals surface area contributed by atoms with E-state index in [0.29, 0.717) is 5.39 Å². The van der Waals surface area contributed by atoms with Gasteiger partial charge in [0.2, 0.25) is 0 Å². The third-order valence-electron chi connectivity index (χ3n) is 4.71. The number of fused-ring (bicyclic) bond motifs is 1. The standard InChI is InChI=1S/C17H22N4O/c22-17-14-3-1-2-4-15(14)18-16(19-17)12-21-9-7-20(8-10-21)11-13-5-6-13/h1-4,13H,5-12H2,(H,18,19,22). The lowest BCUT2D eigenvalue weighted by Crippen LogP contribution is -2.46. The average molecular weight is 298 g/mol. The van der Waals surface area contributed by atoms with Crippen LogP contribution in [-0.4, -0.2) is 52.5 Å². The summed E-state index contributed by atoms with van der Waals surface area (Å²) < 4.78 is 0. The van der Waals surface area contributed by atoms with Crippen LogP contribution in [0.25, 0.3) is 10.9 Å². The van der Waals surface area contributed by atoms with E-state index < -0.39 is 0 Å². The molecule has 1 aromatic carbocycles. The summed E-state index contributed by atoms with van der Waals surface area (Å²) in [5.41, 5.74) is 0.751. The van der Waals surface area contributed by atoms with Gasteiger partial charge in [-0.05, 0) is 30.9 Å². The zero-order chi connectivity index (χ0) is 14.9. The molecule has 1 N–H and O–H groups in total. The molecule has 5 heteroatoms. The summed E-state index contributed by atoms with van der Waals surface area (Å²) in [4.78, 5) is 24.6. The van der Waals surface area contributed by atoms with E-state index in [0.717, 1.165) is 50.0 Å². The lowest BCUT2D eigenvalue weighted by Gasteiger charge is -2.34. The first-order valence-electron chi connectivity index (χ1n) is 8.20. The summed E-state index contributed by atoms with van der Waals surface area (Å²) in [6.45, 7) is 6.39. The fraction of sp³-hybridized carbons (Fsp3) is 0.529. The first-order valence-corrected chi connectivity index (χ1v) is 8.20. The van der Waals surface area contributed by atoms with Gasteiger partial charge in [-0.3, -0.25) is 9.69 Å². The molecular formula is C17H22N4O. The predicted molar refractivity (Wildman–Crippen MR) is 86.8 cm³/mol. The molecule has 1 saturated carbocycles. The van der Waals surface area contributed by atoms with Crippen molar-refractivity contribution in [2.45, 2.75) is 19.4 Å². The lowest BCUT2D eigenvalue weighted by atomic mass is 10.2. The molecule has 2 aromatic rings. The van der Waals surface area contributed by atoms with E-state index in [1.54, 1.807) is 0 Å². The SMILES string of the molecule is O=c1[nH]c(CN2CCN(CC3CC3)CC2)nc2ccccc12. The largest absolute Gasteiger partial charge is 0.309 e. The third kappa shape index (κ3) is 3.05. The van der Waals surface area contributed by atoms with Gasteiger partial charge < -0.3 is 9.88 Å². The van der Waals surface area contributed by atoms with E-state index in [2.05, 4.69) is 19.8 Å². The van der Waals surface area contributed by atoms with Crippen LogP contribution >= 0.6 is 0 Å². The van der Waals surface area contributed by atoms with E-state index in [1.165, 1.54) is 19.4 Å². The summed E-state index contributed by atoms with van der Waals surface area (Å²) >= 11 is 0. The molecule has 0 atom stereocenters. The van der Waals surface area contributed by atoms with E-state index in [4.69, 9.17) is 0 Å². The second kappa shape index (κ2) is 5.82. The monoisotopic (exact) mass is 298 g/mol. The van der Waals surface area contributed by atoms with Crippen molar-refractivity contribution in [3.05, 3.63) is 40.4 Å². The molecule has 0 spiro atoms. The Hall–Kier alpha value is -1.72. The molecule has 4 rings (SSSR count). The van der Waals surface area contributed by atoms with Crippen LogP contribution < -0.4 is 5.56 Å². The Morgan fingerprint density at radius 1 is 1.09 bits per heavy atom. The normalized spacial score (nSPS) is 20.5. The molecule has 1 aromatic heterocycles. The van der Waals surface area contributed by atoms with Gasteiger partial charge in [-0.2, -0.15) is 0 Å². The van der Waals surface area contributed by atoms with Gasteiger partial charge in [0.15, 0.2) is 0 Å². The summed E-state index contributed by atoms with van der Waals surface area (Å²) in [6.07, 6.45) is 2.84. The smallest absolute Gasteiger partial charge is 0.258 e. The van der Waals surface area contributed by atoms with Crippen LogP contribution in [0.2, 0.25) is 0 Å². The number of aromatic nitrogens is 2. The Labute approximate surface area is 130 Å². The van der Waals surface area contributed by atoms with Crippen LogP contribution in [0.15, 0.2) is 29.1 Å². The minimum atomic E-state index is -0.0343. The molecule has 22 heavy (non-hydrogen) atoms. The van der Waals surface area contributed by atoms with Crippen molar-refractivity contribution in [2.24, 2.45) is 5.92 Å². The number of hydrogen-bond donors (Lipinski definition) is 1. The zero-order valence-electron chi connectivity index (χ0n) is 12.8. The number of rotatable bonds is 4. The maximum atomic E-state index is 12.1. The van der Waals surface area contributed by atoms with Crippen molar-refractivity contribution in [3.63, 3.8) is 0 Å². The summed E-state index contributed by atoms with van der Waals surface area (Å²) in [7, 11) is 0. The number of aromatic amines is 1. The summed E-state index contributed by atoms with van der Waals surface area (Å²) in [5.74, 6) is 1.74. The van der Waals surface area contributed by atoms with Gasteiger partial charge in [-0.15, -0.1) is 0 Å². The first kappa shape index (κ1) is 13.9. The number of piperazine rings is 1. The number of hydrogen-bond acceptors (Lipinski definition) is 4. The number of H-pyrrole nitrogens is 1. The fourth-order valence-corrected chi connectivity index (χ4v) is 3.22. The molecule has 2 aliphatic rings. The summed E-state index contributed by atoms with van der Waals surface area (Å²) in [5, 5.41) is 0.667. The van der Waals surface area contributed by atoms with Crippen molar-refractivity contribution in [1.29, 1.82) is 0 Å². The zero-order valence-corrected chi connectivity index (χ0v) is 12.8. The Morgan fingerprint density at radius 2 is 1.82 bits per heavy atom. The number of nitrogens with one attached hydrogen (secondary N) is 1. The third-order valence-corrected chi connectivity index (χ3v) is 4.71. The predicted octanol–water partition coefficient (Wildman–Crippen LogP) is 1.45. The molecular weight excluding hydrogens is 276 g/mol. The van der Waals surface area contributed by atoms with E-state index in [1.807, 2.05) is 24.3 Å². The highest BCUT2D eigenvalue weighted by Gasteiger charge is 2.26. The fourth-order valence-electron chi connectivity index (χ4n) is 3.22. The minimum absolute atomic E-state index is 0.0343. The van der Waals surface area contributed by atoms with Gasteiger partial charge in [0.25, 0.3) is 5.56 Å². The van der Waals surface area contributed by atoms with Crippen molar-refractivity contribution >= 4 is 10.9 Å². The molecule has 1 aliphatic carbocycles. The van der Waals surface area contributed by atoms with E-state index >= 15 is 0 Å². The first-order chi connectivity index (χ1) is 10.8. The Kier molecular flexibility index (Phi) is 3.68. The maximum Gasteiger partial charge on any atom is 0.258 e. The van der Waals surface area contributed by atoms with Gasteiger partial charge in [0.05, 0.1) is 17.4 Å². The molecule has 5 nitrogen and oxygen atoms in total. The summed E-state index contributed by atoms with van der Waals surface area (Å²) in [6, 6.07) is 7.52. The van der Waals surface area contributed by atoms with Crippen molar-refractivity contribution in [3.8, 4) is 0 Å². The number of nitrogens with zero attached hydrogens (tertiary/aromatic N) is 3. The topological polar surface area (TPSA) is 52.2 Å². The number of benzene rings is 1. The van der Waals surface area contributed by atoms with Crippen molar-refractivity contribution in [1.82, 2.24) is 19.8 Å². The van der Waals surface area contributed by atoms with E-state index in [9.17, 15) is 4.79 Å². The molecule has 0 unspecified atom stereocenters. The van der Waals surface area contributed by atoms with Crippen molar-refractivity contribution in [2.75, 3.05) is 32.7 Å². The second-order valence-electron chi connectivity index (χ2n) is 6.55. The van der Waals surface area contributed by atoms with Crippen LogP contribution in [-0.2, 0) is 6.54 Å². The van der Waals surface area contributed by atoms with Crippen LogP contribution in [0.3, 0.4) is 0 Å². The highest BCUT2D eigenvalue weighted by Crippen LogP contribution is 2.29. The molecule has 0 radical (unpaired) electrons.